The number of hydrogen-bond acceptors (Lipinski definition) is 6. The van der Waals surface area contributed by atoms with Crippen LogP contribution in [-0.4, -0.2) is 149 Å². The molecular weight excluding hydrogens is 1190 g/mol. The zero-order valence-electron chi connectivity index (χ0n) is 32.3. The zero-order valence-corrected chi connectivity index (χ0v) is 33.9. The topological polar surface area (TPSA) is 86.7 Å². The van der Waals surface area contributed by atoms with Gasteiger partial charge in [-0.1, -0.05) is 0 Å². The van der Waals surface area contributed by atoms with Crippen molar-refractivity contribution in [3.8, 4) is 0 Å². The molecule has 0 rings (SSSR count). The highest BCUT2D eigenvalue weighted by Gasteiger charge is 3.01. The van der Waals surface area contributed by atoms with Gasteiger partial charge in [0.2, 0.25) is 0 Å². The molecule has 2 atom stereocenters. The molecule has 2 unspecified atom stereocenters. The van der Waals surface area contributed by atoms with E-state index < -0.39 is 178 Å². The summed E-state index contributed by atoms with van der Waals surface area (Å²) in [5.74, 6) is -112. The van der Waals surface area contributed by atoms with Gasteiger partial charge in [0.1, 0.15) is 0 Å². The zero-order chi connectivity index (χ0) is 59.1. The fraction of sp³-hybridized carbons (Fsp3) is 1.00. The fourth-order valence-corrected chi connectivity index (χ4v) is 6.69. The molecule has 0 aliphatic carbocycles. The van der Waals surface area contributed by atoms with E-state index >= 15 is 0 Å². The van der Waals surface area contributed by atoms with Crippen molar-refractivity contribution in [1.29, 1.82) is 0 Å². The molecule has 0 spiro atoms. The Balaban J connectivity index is 6.15. The number of halogens is 38. The molecule has 0 aromatic rings. The average Bonchev–Trinajstić information content (AvgIpc) is 3.14. The van der Waals surface area contributed by atoms with Crippen molar-refractivity contribution in [2.75, 3.05) is 24.7 Å². The van der Waals surface area contributed by atoms with Crippen molar-refractivity contribution >= 4 is 20.2 Å². The van der Waals surface area contributed by atoms with Gasteiger partial charge < -0.3 is 0 Å². The maximum Gasteiger partial charge on any atom is 0.460 e. The van der Waals surface area contributed by atoms with Crippen molar-refractivity contribution in [3.05, 3.63) is 0 Å². The average molecular weight is 1210 g/mol. The Kier molecular flexibility index (Phi) is 18.3. The molecule has 0 N–H and O–H groups in total. The van der Waals surface area contributed by atoms with Gasteiger partial charge in [-0.25, -0.2) is 8.78 Å². The Morgan fingerprint density at radius 3 is 0.625 bits per heavy atom. The van der Waals surface area contributed by atoms with Crippen LogP contribution in [0, 0.1) is 0 Å². The first-order valence-corrected chi connectivity index (χ1v) is 19.7. The van der Waals surface area contributed by atoms with Crippen LogP contribution < -0.4 is 0 Å². The summed E-state index contributed by atoms with van der Waals surface area (Å²) in [6.45, 7) is -3.56. The molecule has 0 aliphatic rings. The van der Waals surface area contributed by atoms with E-state index in [1.807, 2.05) is 0 Å². The van der Waals surface area contributed by atoms with E-state index in [2.05, 4.69) is 8.37 Å². The summed E-state index contributed by atoms with van der Waals surface area (Å²) in [7, 11) is -12.3. The van der Waals surface area contributed by atoms with E-state index in [9.17, 15) is 184 Å². The molecule has 434 valence electrons. The molecule has 0 saturated heterocycles. The molecule has 72 heavy (non-hydrogen) atoms. The Morgan fingerprint density at radius 1 is 0.250 bits per heavy atom. The second kappa shape index (κ2) is 19.0. The van der Waals surface area contributed by atoms with Crippen LogP contribution in [0.4, 0.5) is 167 Å². The molecule has 0 saturated carbocycles. The quantitative estimate of drug-likeness (QED) is 0.0514. The largest absolute Gasteiger partial charge is 0.460 e. The minimum Gasteiger partial charge on any atom is -0.270 e. The van der Waals surface area contributed by atoms with Crippen LogP contribution in [0.2, 0.25) is 0 Å². The van der Waals surface area contributed by atoms with Gasteiger partial charge in [-0.15, -0.1) is 0 Å². The highest BCUT2D eigenvalue weighted by Crippen LogP contribution is 2.69. The van der Waals surface area contributed by atoms with Crippen LogP contribution in [0.1, 0.15) is 25.7 Å². The van der Waals surface area contributed by atoms with Gasteiger partial charge in [-0.05, 0) is 12.8 Å². The monoisotopic (exact) mass is 1210 g/mol. The van der Waals surface area contributed by atoms with E-state index in [-0.39, 0.29) is 0 Å². The lowest BCUT2D eigenvalue weighted by molar-refractivity contribution is -0.475. The van der Waals surface area contributed by atoms with Crippen molar-refractivity contribution in [1.82, 2.24) is 0 Å². The molecule has 0 radical (unpaired) electrons. The molecule has 0 aromatic carbocycles. The molecule has 0 heterocycles. The van der Waals surface area contributed by atoms with Crippen LogP contribution >= 0.6 is 0 Å². The van der Waals surface area contributed by atoms with Gasteiger partial charge in [-0.2, -0.15) is 175 Å². The van der Waals surface area contributed by atoms with E-state index in [1.54, 1.807) is 0 Å². The second-order valence-corrected chi connectivity index (χ2v) is 17.4. The minimum atomic E-state index is -9.59. The molecule has 0 aliphatic heterocycles. The van der Waals surface area contributed by atoms with Crippen LogP contribution in [0.5, 0.6) is 0 Å². The van der Waals surface area contributed by atoms with Gasteiger partial charge in [-0.3, -0.25) is 8.37 Å². The van der Waals surface area contributed by atoms with Gasteiger partial charge in [0.15, 0.2) is 0 Å². The molecule has 0 fully saturated rings. The van der Waals surface area contributed by atoms with Crippen LogP contribution in [0.3, 0.4) is 0 Å². The fourth-order valence-electron chi connectivity index (χ4n) is 4.70. The third-order valence-corrected chi connectivity index (χ3v) is 11.4. The third-order valence-electron chi connectivity index (χ3n) is 8.91. The standard InChI is InChI=1S/C26H16F38O6S2/c27-9(28,13(33,34)19(45,46)15(37,38)11(31,23(53,54)55)17(41,42)21(49,50)25(59,60)61)3-7-71(65,66)69-5-1-2-6-70-72(67,68)8-4-10(29,30)14(35,36)20(47,48)16(39,40)12(32,24(56,57)58)18(43,44)22(51,52)26(62,63)64/h1-8H2. The number of hydrogen-bond donors (Lipinski definition) is 0. The lowest BCUT2D eigenvalue weighted by Gasteiger charge is -2.46. The number of unbranched alkanes of at least 4 members (excludes halogenated alkanes) is 1. The predicted octanol–water partition coefficient (Wildman–Crippen LogP) is 12.5. The van der Waals surface area contributed by atoms with Crippen molar-refractivity contribution in [2.45, 2.75) is 133 Å². The maximum atomic E-state index is 14.3. The highest BCUT2D eigenvalue weighted by atomic mass is 32.2. The van der Waals surface area contributed by atoms with E-state index in [4.69, 9.17) is 0 Å². The molecule has 46 heteroatoms. The van der Waals surface area contributed by atoms with Crippen LogP contribution in [0.15, 0.2) is 0 Å². The Morgan fingerprint density at radius 2 is 0.444 bits per heavy atom. The molecular formula is C26H16F38O6S2. The Labute approximate surface area is 370 Å². The van der Waals surface area contributed by atoms with Gasteiger partial charge in [0, 0.05) is 12.8 Å². The minimum absolute atomic E-state index is 1.31. The van der Waals surface area contributed by atoms with E-state index in [0.29, 0.717) is 0 Å². The summed E-state index contributed by atoms with van der Waals surface area (Å²) in [6, 6.07) is 0. The highest BCUT2D eigenvalue weighted by molar-refractivity contribution is 7.86. The molecule has 6 nitrogen and oxygen atoms in total. The summed E-state index contributed by atoms with van der Waals surface area (Å²) in [4.78, 5) is 0. The van der Waals surface area contributed by atoms with E-state index in [1.165, 1.54) is 0 Å². The summed E-state index contributed by atoms with van der Waals surface area (Å²) in [6.07, 6.45) is -44.8. The number of alkyl halides is 38. The molecule has 0 amide bonds. The van der Waals surface area contributed by atoms with Crippen LogP contribution in [-0.2, 0) is 28.6 Å². The van der Waals surface area contributed by atoms with E-state index in [0.717, 1.165) is 0 Å². The molecule has 0 bridgehead atoms. The van der Waals surface area contributed by atoms with Gasteiger partial charge in [0.25, 0.3) is 20.2 Å². The van der Waals surface area contributed by atoms with Crippen molar-refractivity contribution in [3.63, 3.8) is 0 Å². The Bertz CT molecular complexity index is 1950. The number of rotatable bonds is 25. The summed E-state index contributed by atoms with van der Waals surface area (Å²) >= 11 is 0. The Hall–Kier alpha value is -2.84. The summed E-state index contributed by atoms with van der Waals surface area (Å²) in [5, 5.41) is 0. The lowest BCUT2D eigenvalue weighted by atomic mass is 9.79. The predicted molar refractivity (Wildman–Crippen MR) is 149 cm³/mol. The molecule has 0 aromatic heterocycles. The van der Waals surface area contributed by atoms with Gasteiger partial charge in [0.05, 0.1) is 24.7 Å². The van der Waals surface area contributed by atoms with Gasteiger partial charge >= 0.3 is 107 Å². The van der Waals surface area contributed by atoms with Crippen LogP contribution in [0.25, 0.3) is 0 Å². The smallest absolute Gasteiger partial charge is 0.270 e. The third kappa shape index (κ3) is 10.6. The normalized spacial score (nSPS) is 18.0. The van der Waals surface area contributed by atoms with Crippen molar-refractivity contribution in [2.24, 2.45) is 0 Å². The SMILES string of the molecule is O=S(=O)(CCC(F)(F)C(F)(F)C(F)(F)C(F)(F)C(F)(C(F)(F)F)C(F)(F)C(F)(F)C(F)(F)F)OCCCCOS(=O)(=O)CCC(F)(F)C(F)(F)C(F)(F)C(F)(F)C(F)(C(F)(F)F)C(F)(F)C(F)(F)C(F)(F)F. The first kappa shape index (κ1) is 69.2. The lowest BCUT2D eigenvalue weighted by Crippen LogP contribution is -2.79. The summed E-state index contributed by atoms with van der Waals surface area (Å²) in [5.41, 5.74) is -19.2. The summed E-state index contributed by atoms with van der Waals surface area (Å²) < 4.78 is 568. The maximum absolute atomic E-state index is 14.3. The first-order valence-electron chi connectivity index (χ1n) is 16.5. The van der Waals surface area contributed by atoms with Crippen molar-refractivity contribution < 1.29 is 192 Å². The second-order valence-electron chi connectivity index (χ2n) is 13.8. The first-order chi connectivity index (χ1) is 30.6.